The van der Waals surface area contributed by atoms with Crippen LogP contribution in [0.1, 0.15) is 15.9 Å². The SMILES string of the molecule is NC(=O)c1ccc(-c2cc[nH]c(=O)c2)cc1C(F)(F)F. The molecule has 1 aromatic carbocycles. The van der Waals surface area contributed by atoms with E-state index in [9.17, 15) is 22.8 Å². The van der Waals surface area contributed by atoms with Crippen LogP contribution in [0.3, 0.4) is 0 Å². The number of primary amides is 1. The summed E-state index contributed by atoms with van der Waals surface area (Å²) in [6.45, 7) is 0. The molecule has 0 aliphatic rings. The third kappa shape index (κ3) is 2.71. The molecule has 20 heavy (non-hydrogen) atoms. The Morgan fingerprint density at radius 2 is 1.75 bits per heavy atom. The number of hydrogen-bond acceptors (Lipinski definition) is 2. The number of aromatic nitrogens is 1. The Morgan fingerprint density at radius 1 is 1.10 bits per heavy atom. The van der Waals surface area contributed by atoms with Crippen LogP contribution in [0.2, 0.25) is 0 Å². The van der Waals surface area contributed by atoms with Gasteiger partial charge < -0.3 is 10.7 Å². The van der Waals surface area contributed by atoms with Crippen LogP contribution >= 0.6 is 0 Å². The molecular weight excluding hydrogens is 273 g/mol. The molecule has 0 aliphatic carbocycles. The van der Waals surface area contributed by atoms with Gasteiger partial charge in [-0.3, -0.25) is 9.59 Å². The van der Waals surface area contributed by atoms with Gasteiger partial charge in [-0.25, -0.2) is 0 Å². The van der Waals surface area contributed by atoms with Crippen LogP contribution in [0.5, 0.6) is 0 Å². The standard InChI is InChI=1S/C13H9F3N2O2/c14-13(15,16)10-5-7(1-2-9(10)12(17)20)8-3-4-18-11(19)6-8/h1-6H,(H2,17,20)(H,18,19). The summed E-state index contributed by atoms with van der Waals surface area (Å²) in [5, 5.41) is 0. The van der Waals surface area contributed by atoms with E-state index in [0.29, 0.717) is 5.56 Å². The molecule has 4 nitrogen and oxygen atoms in total. The quantitative estimate of drug-likeness (QED) is 0.885. The molecule has 3 N–H and O–H groups in total. The molecule has 0 spiro atoms. The molecule has 1 amide bonds. The number of alkyl halides is 3. The van der Waals surface area contributed by atoms with E-state index in [2.05, 4.69) is 4.98 Å². The second-order valence-electron chi connectivity index (χ2n) is 4.06. The van der Waals surface area contributed by atoms with Crippen molar-refractivity contribution in [1.29, 1.82) is 0 Å². The fourth-order valence-electron chi connectivity index (χ4n) is 1.80. The van der Waals surface area contributed by atoms with Crippen molar-refractivity contribution in [3.05, 3.63) is 58.0 Å². The number of carbonyl (C=O) groups is 1. The Labute approximate surface area is 111 Å². The van der Waals surface area contributed by atoms with E-state index >= 15 is 0 Å². The molecule has 2 rings (SSSR count). The summed E-state index contributed by atoms with van der Waals surface area (Å²) in [5.74, 6) is -1.16. The first-order valence-corrected chi connectivity index (χ1v) is 5.49. The van der Waals surface area contributed by atoms with E-state index in [1.165, 1.54) is 24.4 Å². The molecule has 0 radical (unpaired) electrons. The van der Waals surface area contributed by atoms with Gasteiger partial charge >= 0.3 is 6.18 Å². The lowest BCUT2D eigenvalue weighted by Crippen LogP contribution is -2.18. The number of aromatic amines is 1. The molecule has 0 saturated heterocycles. The van der Waals surface area contributed by atoms with Gasteiger partial charge in [-0.05, 0) is 29.3 Å². The molecule has 0 unspecified atom stereocenters. The Balaban J connectivity index is 2.64. The lowest BCUT2D eigenvalue weighted by atomic mass is 9.99. The number of nitrogens with two attached hydrogens (primary N) is 1. The Kier molecular flexibility index (Phi) is 3.35. The van der Waals surface area contributed by atoms with Gasteiger partial charge in [-0.1, -0.05) is 6.07 Å². The summed E-state index contributed by atoms with van der Waals surface area (Å²) in [6.07, 6.45) is -3.38. The molecule has 2 aromatic rings. The fraction of sp³-hybridized carbons (Fsp3) is 0.0769. The minimum Gasteiger partial charge on any atom is -0.366 e. The van der Waals surface area contributed by atoms with E-state index in [0.717, 1.165) is 12.1 Å². The number of nitrogens with one attached hydrogen (secondary N) is 1. The highest BCUT2D eigenvalue weighted by atomic mass is 19.4. The van der Waals surface area contributed by atoms with Crippen molar-refractivity contribution in [2.75, 3.05) is 0 Å². The fourth-order valence-corrected chi connectivity index (χ4v) is 1.80. The maximum absolute atomic E-state index is 12.9. The number of carbonyl (C=O) groups excluding carboxylic acids is 1. The van der Waals surface area contributed by atoms with E-state index < -0.39 is 28.8 Å². The summed E-state index contributed by atoms with van der Waals surface area (Å²) < 4.78 is 38.7. The van der Waals surface area contributed by atoms with E-state index in [4.69, 9.17) is 5.73 Å². The highest BCUT2D eigenvalue weighted by molar-refractivity contribution is 5.95. The summed E-state index contributed by atoms with van der Waals surface area (Å²) in [4.78, 5) is 24.6. The van der Waals surface area contributed by atoms with Gasteiger partial charge in [0.05, 0.1) is 11.1 Å². The smallest absolute Gasteiger partial charge is 0.366 e. The number of rotatable bonds is 2. The first-order chi connectivity index (χ1) is 9.29. The van der Waals surface area contributed by atoms with Crippen molar-refractivity contribution in [2.24, 2.45) is 5.73 Å². The van der Waals surface area contributed by atoms with Crippen LogP contribution in [-0.2, 0) is 6.18 Å². The normalized spacial score (nSPS) is 11.3. The van der Waals surface area contributed by atoms with Gasteiger partial charge in [0.2, 0.25) is 11.5 Å². The molecule has 0 bridgehead atoms. The highest BCUT2D eigenvalue weighted by Crippen LogP contribution is 2.34. The first kappa shape index (κ1) is 13.9. The number of hydrogen-bond donors (Lipinski definition) is 2. The third-order valence-electron chi connectivity index (χ3n) is 2.70. The minimum atomic E-state index is -4.71. The van der Waals surface area contributed by atoms with Gasteiger partial charge in [-0.2, -0.15) is 13.2 Å². The number of benzene rings is 1. The molecule has 7 heteroatoms. The molecule has 0 aliphatic heterocycles. The second-order valence-corrected chi connectivity index (χ2v) is 4.06. The van der Waals surface area contributed by atoms with Gasteiger partial charge in [0.15, 0.2) is 0 Å². The topological polar surface area (TPSA) is 76.0 Å². The summed E-state index contributed by atoms with van der Waals surface area (Å²) in [5.41, 5.74) is 3.26. The van der Waals surface area contributed by atoms with Gasteiger partial charge in [0.25, 0.3) is 0 Å². The molecule has 104 valence electrons. The van der Waals surface area contributed by atoms with Crippen molar-refractivity contribution >= 4 is 5.91 Å². The second kappa shape index (κ2) is 4.84. The van der Waals surface area contributed by atoms with Crippen LogP contribution in [0, 0.1) is 0 Å². The average Bonchev–Trinajstić information content (AvgIpc) is 2.37. The van der Waals surface area contributed by atoms with E-state index in [1.54, 1.807) is 0 Å². The Morgan fingerprint density at radius 3 is 2.30 bits per heavy atom. The van der Waals surface area contributed by atoms with Crippen molar-refractivity contribution in [1.82, 2.24) is 4.98 Å². The molecule has 1 heterocycles. The molecule has 1 aromatic heterocycles. The van der Waals surface area contributed by atoms with Gasteiger partial charge in [-0.15, -0.1) is 0 Å². The van der Waals surface area contributed by atoms with Gasteiger partial charge in [0, 0.05) is 12.3 Å². The zero-order chi connectivity index (χ0) is 14.9. The Bertz CT molecular complexity index is 720. The maximum Gasteiger partial charge on any atom is 0.417 e. The number of halogens is 3. The van der Waals surface area contributed by atoms with Crippen LogP contribution in [0.25, 0.3) is 11.1 Å². The summed E-state index contributed by atoms with van der Waals surface area (Å²) in [7, 11) is 0. The summed E-state index contributed by atoms with van der Waals surface area (Å²) >= 11 is 0. The summed E-state index contributed by atoms with van der Waals surface area (Å²) in [6, 6.07) is 5.74. The first-order valence-electron chi connectivity index (χ1n) is 5.49. The van der Waals surface area contributed by atoms with Crippen molar-refractivity contribution < 1.29 is 18.0 Å². The van der Waals surface area contributed by atoms with Crippen molar-refractivity contribution in [3.8, 4) is 11.1 Å². The Hall–Kier alpha value is -2.57. The molecule has 0 atom stereocenters. The number of H-pyrrole nitrogens is 1. The molecule has 0 saturated carbocycles. The zero-order valence-corrected chi connectivity index (χ0v) is 9.99. The van der Waals surface area contributed by atoms with Crippen LogP contribution in [0.4, 0.5) is 13.2 Å². The van der Waals surface area contributed by atoms with Crippen molar-refractivity contribution in [2.45, 2.75) is 6.18 Å². The highest BCUT2D eigenvalue weighted by Gasteiger charge is 2.35. The van der Waals surface area contributed by atoms with Crippen LogP contribution in [0.15, 0.2) is 41.3 Å². The largest absolute Gasteiger partial charge is 0.417 e. The third-order valence-corrected chi connectivity index (χ3v) is 2.70. The van der Waals surface area contributed by atoms with Crippen LogP contribution in [-0.4, -0.2) is 10.9 Å². The van der Waals surface area contributed by atoms with Crippen molar-refractivity contribution in [3.63, 3.8) is 0 Å². The molecular formula is C13H9F3N2O2. The molecule has 0 fully saturated rings. The lowest BCUT2D eigenvalue weighted by molar-refractivity contribution is -0.137. The average molecular weight is 282 g/mol. The van der Waals surface area contributed by atoms with Crippen LogP contribution < -0.4 is 11.3 Å². The predicted octanol–water partition coefficient (Wildman–Crippen LogP) is 2.16. The number of amides is 1. The minimum absolute atomic E-state index is 0.174. The zero-order valence-electron chi connectivity index (χ0n) is 9.99. The number of pyridine rings is 1. The maximum atomic E-state index is 12.9. The monoisotopic (exact) mass is 282 g/mol. The van der Waals surface area contributed by atoms with E-state index in [-0.39, 0.29) is 5.56 Å². The van der Waals surface area contributed by atoms with Gasteiger partial charge in [0.1, 0.15) is 0 Å². The predicted molar refractivity (Wildman–Crippen MR) is 66.0 cm³/mol. The lowest BCUT2D eigenvalue weighted by Gasteiger charge is -2.12. The van der Waals surface area contributed by atoms with E-state index in [1.807, 2.05) is 0 Å².